The molecule has 0 unspecified atom stereocenters. The number of carbonyl (C=O) groups excluding carboxylic acids is 1. The maximum Gasteiger partial charge on any atom is 0.337 e. The summed E-state index contributed by atoms with van der Waals surface area (Å²) < 4.78 is 1.69. The smallest absolute Gasteiger partial charge is 0.337 e. The van der Waals surface area contributed by atoms with Crippen LogP contribution in [0.3, 0.4) is 0 Å². The second-order valence-electron chi connectivity index (χ2n) is 10.7. The van der Waals surface area contributed by atoms with E-state index in [1.807, 2.05) is 31.1 Å². The number of rotatable bonds is 10. The Bertz CT molecular complexity index is 1680. The topological polar surface area (TPSA) is 146 Å². The van der Waals surface area contributed by atoms with Crippen LogP contribution in [0.25, 0.3) is 11.0 Å². The van der Waals surface area contributed by atoms with Crippen LogP contribution in [0.4, 0.5) is 23.3 Å². The molecule has 1 saturated carbocycles. The molecular formula is C30H34N8O4. The number of nitrogens with zero attached hydrogens (tertiary/aromatic N) is 7. The zero-order valence-electron chi connectivity index (χ0n) is 24.2. The van der Waals surface area contributed by atoms with Crippen molar-refractivity contribution < 1.29 is 14.7 Å². The van der Waals surface area contributed by atoms with Gasteiger partial charge in [0.2, 0.25) is 5.95 Å². The van der Waals surface area contributed by atoms with E-state index in [0.717, 1.165) is 31.4 Å². The summed E-state index contributed by atoms with van der Waals surface area (Å²) in [5.41, 5.74) is 2.11. The fraction of sp³-hybridized carbons (Fsp3) is 0.367. The molecule has 0 spiro atoms. The molecule has 0 amide bonds. The Kier molecular flexibility index (Phi) is 8.14. The van der Waals surface area contributed by atoms with Crippen LogP contribution in [0, 0.1) is 6.92 Å². The van der Waals surface area contributed by atoms with Gasteiger partial charge in [-0.2, -0.15) is 4.98 Å². The second kappa shape index (κ2) is 11.9. The van der Waals surface area contributed by atoms with Crippen LogP contribution in [-0.4, -0.2) is 68.5 Å². The van der Waals surface area contributed by atoms with Crippen LogP contribution in [0.2, 0.25) is 0 Å². The van der Waals surface area contributed by atoms with Crippen LogP contribution in [0.15, 0.2) is 47.7 Å². The molecule has 4 aromatic heterocycles. The standard InChI is InChI=1S/C30H34N8O4/c1-18-23-17-33-30(35-27(23)38(21-7-5-6-8-21)28(40)26(18)19(2)39)34-24-11-10-22(16-31-24)36(3)13-14-37(4)25-12-9-20(15-32-25)29(41)42/h9-12,15-17,21H,5-8,13-14H2,1-4H3,(H,41,42)(H,31,33,34,35). The van der Waals surface area contributed by atoms with Gasteiger partial charge in [0.05, 0.1) is 23.0 Å². The zero-order chi connectivity index (χ0) is 30.0. The third-order valence-electron chi connectivity index (χ3n) is 7.84. The zero-order valence-corrected chi connectivity index (χ0v) is 24.2. The summed E-state index contributed by atoms with van der Waals surface area (Å²) >= 11 is 0. The van der Waals surface area contributed by atoms with E-state index in [1.165, 1.54) is 19.2 Å². The predicted octanol–water partition coefficient (Wildman–Crippen LogP) is 4.22. The summed E-state index contributed by atoms with van der Waals surface area (Å²) in [7, 11) is 3.87. The molecule has 5 rings (SSSR count). The van der Waals surface area contributed by atoms with E-state index in [9.17, 15) is 14.4 Å². The van der Waals surface area contributed by atoms with Crippen LogP contribution in [0.1, 0.15) is 64.9 Å². The van der Waals surface area contributed by atoms with Crippen molar-refractivity contribution in [2.45, 2.75) is 45.6 Å². The molecule has 42 heavy (non-hydrogen) atoms. The highest BCUT2D eigenvalue weighted by Crippen LogP contribution is 2.32. The van der Waals surface area contributed by atoms with Gasteiger partial charge in [-0.05, 0) is 56.5 Å². The Morgan fingerprint density at radius 2 is 1.74 bits per heavy atom. The molecule has 1 fully saturated rings. The maximum absolute atomic E-state index is 13.4. The minimum absolute atomic E-state index is 0.00771. The van der Waals surface area contributed by atoms with Gasteiger partial charge in [-0.15, -0.1) is 0 Å². The van der Waals surface area contributed by atoms with Gasteiger partial charge in [-0.1, -0.05) is 12.8 Å². The van der Waals surface area contributed by atoms with E-state index in [1.54, 1.807) is 30.0 Å². The van der Waals surface area contributed by atoms with Crippen molar-refractivity contribution in [3.63, 3.8) is 0 Å². The van der Waals surface area contributed by atoms with E-state index in [4.69, 9.17) is 10.1 Å². The molecule has 0 aromatic carbocycles. The molecule has 1 aliphatic rings. The minimum atomic E-state index is -1.00. The first-order chi connectivity index (χ1) is 20.1. The van der Waals surface area contributed by atoms with Gasteiger partial charge in [0.1, 0.15) is 17.3 Å². The number of aromatic nitrogens is 5. The first-order valence-corrected chi connectivity index (χ1v) is 13.9. The van der Waals surface area contributed by atoms with E-state index < -0.39 is 5.97 Å². The number of pyridine rings is 3. The molecule has 0 bridgehead atoms. The van der Waals surface area contributed by atoms with Crippen molar-refractivity contribution in [1.29, 1.82) is 0 Å². The van der Waals surface area contributed by atoms with E-state index in [2.05, 4.69) is 25.2 Å². The number of fused-ring (bicyclic) bond motifs is 1. The van der Waals surface area contributed by atoms with E-state index in [0.29, 0.717) is 47.3 Å². The van der Waals surface area contributed by atoms with Gasteiger partial charge < -0.3 is 20.2 Å². The first-order valence-electron chi connectivity index (χ1n) is 13.9. The summed E-state index contributed by atoms with van der Waals surface area (Å²) in [5, 5.41) is 12.9. The first kappa shape index (κ1) is 28.7. The fourth-order valence-corrected chi connectivity index (χ4v) is 5.39. The minimum Gasteiger partial charge on any atom is -0.478 e. The molecule has 4 aromatic rings. The van der Waals surface area contributed by atoms with Gasteiger partial charge in [0, 0.05) is 51.0 Å². The molecule has 0 radical (unpaired) electrons. The average Bonchev–Trinajstić information content (AvgIpc) is 3.50. The normalized spacial score (nSPS) is 13.3. The Labute approximate surface area is 243 Å². The monoisotopic (exact) mass is 570 g/mol. The molecule has 4 heterocycles. The lowest BCUT2D eigenvalue weighted by Gasteiger charge is -2.24. The molecule has 12 nitrogen and oxygen atoms in total. The molecule has 0 saturated heterocycles. The molecule has 12 heteroatoms. The van der Waals surface area contributed by atoms with Crippen molar-refractivity contribution >= 4 is 46.1 Å². The van der Waals surface area contributed by atoms with E-state index >= 15 is 0 Å². The van der Waals surface area contributed by atoms with Gasteiger partial charge in [0.25, 0.3) is 5.56 Å². The van der Waals surface area contributed by atoms with Gasteiger partial charge in [-0.25, -0.2) is 19.7 Å². The quantitative estimate of drug-likeness (QED) is 0.264. The van der Waals surface area contributed by atoms with Crippen molar-refractivity contribution in [3.05, 3.63) is 69.9 Å². The van der Waals surface area contributed by atoms with Crippen molar-refractivity contribution in [3.8, 4) is 0 Å². The Hall–Kier alpha value is -4.87. The molecule has 1 aliphatic carbocycles. The summed E-state index contributed by atoms with van der Waals surface area (Å²) in [4.78, 5) is 58.8. The molecular weight excluding hydrogens is 536 g/mol. The third-order valence-corrected chi connectivity index (χ3v) is 7.84. The van der Waals surface area contributed by atoms with Crippen molar-refractivity contribution in [2.75, 3.05) is 42.3 Å². The highest BCUT2D eigenvalue weighted by Gasteiger charge is 2.26. The number of hydrogen-bond donors (Lipinski definition) is 2. The summed E-state index contributed by atoms with van der Waals surface area (Å²) in [5.74, 6) is 0.308. The summed E-state index contributed by atoms with van der Waals surface area (Å²) in [6.45, 7) is 4.54. The highest BCUT2D eigenvalue weighted by molar-refractivity contribution is 5.99. The van der Waals surface area contributed by atoms with Crippen molar-refractivity contribution in [2.24, 2.45) is 0 Å². The van der Waals surface area contributed by atoms with Crippen LogP contribution in [-0.2, 0) is 0 Å². The Balaban J connectivity index is 1.30. The molecule has 218 valence electrons. The Morgan fingerprint density at radius 1 is 1.00 bits per heavy atom. The molecule has 0 aliphatic heterocycles. The fourth-order valence-electron chi connectivity index (χ4n) is 5.39. The number of carboxylic acids is 1. The largest absolute Gasteiger partial charge is 0.478 e. The number of carboxylic acid groups (broad SMARTS) is 1. The van der Waals surface area contributed by atoms with Crippen LogP contribution in [0.5, 0.6) is 0 Å². The number of ketones is 1. The van der Waals surface area contributed by atoms with Gasteiger partial charge in [-0.3, -0.25) is 14.2 Å². The lowest BCUT2D eigenvalue weighted by Crippen LogP contribution is -2.31. The van der Waals surface area contributed by atoms with Crippen LogP contribution < -0.4 is 20.7 Å². The number of Topliss-reactive ketones (excluding diaryl/α,β-unsaturated/α-hetero) is 1. The SMILES string of the molecule is CC(=O)c1c(C)c2cnc(Nc3ccc(N(C)CCN(C)c4ccc(C(=O)O)cn4)cn3)nc2n(C2CCCC2)c1=O. The lowest BCUT2D eigenvalue weighted by atomic mass is 10.0. The average molecular weight is 571 g/mol. The molecule has 0 atom stereocenters. The van der Waals surface area contributed by atoms with Crippen LogP contribution >= 0.6 is 0 Å². The lowest BCUT2D eigenvalue weighted by molar-refractivity contribution is 0.0696. The second-order valence-corrected chi connectivity index (χ2v) is 10.7. The number of aromatic carboxylic acids is 1. The number of aryl methyl sites for hydroxylation is 1. The highest BCUT2D eigenvalue weighted by atomic mass is 16.4. The molecule has 2 N–H and O–H groups in total. The summed E-state index contributed by atoms with van der Waals surface area (Å²) in [6.07, 6.45) is 8.60. The maximum atomic E-state index is 13.4. The van der Waals surface area contributed by atoms with E-state index in [-0.39, 0.29) is 28.5 Å². The summed E-state index contributed by atoms with van der Waals surface area (Å²) in [6, 6.07) is 7.01. The third kappa shape index (κ3) is 5.78. The predicted molar refractivity (Wildman–Crippen MR) is 161 cm³/mol. The number of anilines is 4. The van der Waals surface area contributed by atoms with Gasteiger partial charge >= 0.3 is 5.97 Å². The van der Waals surface area contributed by atoms with Gasteiger partial charge in [0.15, 0.2) is 5.78 Å². The number of carbonyl (C=O) groups is 2. The Morgan fingerprint density at radius 3 is 2.36 bits per heavy atom. The van der Waals surface area contributed by atoms with Crippen molar-refractivity contribution in [1.82, 2.24) is 24.5 Å². The number of hydrogen-bond acceptors (Lipinski definition) is 10. The number of likely N-dealkylation sites (N-methyl/N-ethyl adjacent to an activating group) is 2. The number of nitrogens with one attached hydrogen (secondary N) is 1.